The second kappa shape index (κ2) is 11.7. The first-order valence-electron chi connectivity index (χ1n) is 7.59. The van der Waals surface area contributed by atoms with Gasteiger partial charge in [0.15, 0.2) is 18.5 Å². The maximum atomic E-state index is 11.9. The molecule has 0 spiro atoms. The number of esters is 1. The number of carbonyl (C=O) groups excluding carboxylic acids is 4. The van der Waals surface area contributed by atoms with E-state index in [1.807, 2.05) is 5.32 Å². The van der Waals surface area contributed by atoms with Crippen molar-refractivity contribution in [3.05, 3.63) is 0 Å². The van der Waals surface area contributed by atoms with Crippen LogP contribution in [0.3, 0.4) is 0 Å². The summed E-state index contributed by atoms with van der Waals surface area (Å²) in [6.45, 7) is -0.0315. The molecule has 0 aliphatic rings. The van der Waals surface area contributed by atoms with Gasteiger partial charge in [-0.15, -0.1) is 0 Å². The number of aldehydes is 2. The fourth-order valence-electron chi connectivity index (χ4n) is 1.92. The Morgan fingerprint density at radius 3 is 1.93 bits per heavy atom. The van der Waals surface area contributed by atoms with Gasteiger partial charge in [0, 0.05) is 6.92 Å². The van der Waals surface area contributed by atoms with Gasteiger partial charge in [-0.1, -0.05) is 0 Å². The number of amides is 1. The molecule has 8 N–H and O–H groups in total. The van der Waals surface area contributed by atoms with Crippen LogP contribution in [0.2, 0.25) is 0 Å². The van der Waals surface area contributed by atoms with Crippen molar-refractivity contribution in [3.63, 3.8) is 0 Å². The third kappa shape index (κ3) is 7.26. The molecule has 0 aromatic heterocycles. The first-order valence-corrected chi connectivity index (χ1v) is 7.59. The topological polar surface area (TPSA) is 231 Å². The maximum absolute atomic E-state index is 11.9. The van der Waals surface area contributed by atoms with Crippen LogP contribution in [0.5, 0.6) is 0 Å². The molecule has 8 atom stereocenters. The molecule has 0 saturated heterocycles. The van der Waals surface area contributed by atoms with Gasteiger partial charge in [-0.3, -0.25) is 4.79 Å². The molecule has 0 bridgehead atoms. The summed E-state index contributed by atoms with van der Waals surface area (Å²) in [7, 11) is 0. The van der Waals surface area contributed by atoms with Crippen molar-refractivity contribution in [1.82, 2.24) is 5.32 Å². The van der Waals surface area contributed by atoms with E-state index in [2.05, 4.69) is 4.74 Å². The van der Waals surface area contributed by atoms with E-state index in [4.69, 9.17) is 10.2 Å². The van der Waals surface area contributed by atoms with Gasteiger partial charge in [-0.25, -0.2) is 4.79 Å². The summed E-state index contributed by atoms with van der Waals surface area (Å²) < 4.78 is 4.64. The molecule has 13 nitrogen and oxygen atoms in total. The van der Waals surface area contributed by atoms with Gasteiger partial charge in [0.25, 0.3) is 0 Å². The highest BCUT2D eigenvalue weighted by molar-refractivity contribution is 5.79. The van der Waals surface area contributed by atoms with Crippen LogP contribution in [-0.4, -0.2) is 116 Å². The van der Waals surface area contributed by atoms with E-state index >= 15 is 0 Å². The lowest BCUT2D eigenvalue weighted by atomic mass is 10.0. The molecule has 0 aliphatic heterocycles. The van der Waals surface area contributed by atoms with Crippen molar-refractivity contribution in [2.45, 2.75) is 55.7 Å². The zero-order valence-corrected chi connectivity index (χ0v) is 14.2. The molecule has 13 heteroatoms. The monoisotopic (exact) mass is 397 g/mol. The lowest BCUT2D eigenvalue weighted by Crippen LogP contribution is -2.57. The largest absolute Gasteiger partial charge is 0.455 e. The van der Waals surface area contributed by atoms with E-state index in [9.17, 15) is 44.7 Å². The first kappa shape index (κ1) is 25.0. The molecule has 0 radical (unpaired) electrons. The predicted molar refractivity (Wildman–Crippen MR) is 82.7 cm³/mol. The molecule has 0 heterocycles. The zero-order chi connectivity index (χ0) is 21.3. The molecular weight excluding hydrogens is 374 g/mol. The Hall–Kier alpha value is -2.00. The number of hydrogen-bond donors (Lipinski definition) is 8. The minimum Gasteiger partial charge on any atom is -0.455 e. The number of rotatable bonds is 12. The van der Waals surface area contributed by atoms with Crippen molar-refractivity contribution in [2.24, 2.45) is 0 Å². The summed E-state index contributed by atoms with van der Waals surface area (Å²) >= 11 is 0. The molecule has 27 heavy (non-hydrogen) atoms. The predicted octanol–water partition coefficient (Wildman–Crippen LogP) is -6.04. The molecule has 0 saturated carbocycles. The summed E-state index contributed by atoms with van der Waals surface area (Å²) in [5, 5.41) is 68.1. The van der Waals surface area contributed by atoms with Crippen LogP contribution in [0.15, 0.2) is 0 Å². The van der Waals surface area contributed by atoms with Gasteiger partial charge >= 0.3 is 5.97 Å². The van der Waals surface area contributed by atoms with E-state index in [0.29, 0.717) is 0 Å². The third-order valence-electron chi connectivity index (χ3n) is 3.44. The standard InChI is InChI=1S/C14H23NO12/c1-5(19)15-6(2-16)13(10(23)8(21)4-18)27-14(26)12(25)11(24)9(22)7(20)3-17/h2-3,6-13,18,20-25H,4H2,1H3,(H,15,19)/t6-,7-,8+,9+,10+,11-,12-,13+/m0/s1. The number of aliphatic hydroxyl groups is 7. The second-order valence-electron chi connectivity index (χ2n) is 5.56. The summed E-state index contributed by atoms with van der Waals surface area (Å²) in [5.41, 5.74) is 0. The van der Waals surface area contributed by atoms with E-state index < -0.39 is 67.3 Å². The smallest absolute Gasteiger partial charge is 0.338 e. The van der Waals surface area contributed by atoms with Crippen molar-refractivity contribution in [2.75, 3.05) is 6.61 Å². The Bertz CT molecular complexity index is 514. The first-order chi connectivity index (χ1) is 12.5. The minimum absolute atomic E-state index is 0.0421. The van der Waals surface area contributed by atoms with Crippen molar-refractivity contribution in [1.29, 1.82) is 0 Å². The number of hydrogen-bond acceptors (Lipinski definition) is 12. The zero-order valence-electron chi connectivity index (χ0n) is 14.2. The number of carbonyl (C=O) groups is 4. The van der Waals surface area contributed by atoms with Crippen LogP contribution in [0.1, 0.15) is 6.92 Å². The van der Waals surface area contributed by atoms with Crippen LogP contribution in [0.4, 0.5) is 0 Å². The fourth-order valence-corrected chi connectivity index (χ4v) is 1.92. The maximum Gasteiger partial charge on any atom is 0.338 e. The average Bonchev–Trinajstić information content (AvgIpc) is 2.66. The molecule has 0 fully saturated rings. The van der Waals surface area contributed by atoms with Crippen LogP contribution in [0.25, 0.3) is 0 Å². The quantitative estimate of drug-likeness (QED) is 0.114. The minimum atomic E-state index is -2.54. The van der Waals surface area contributed by atoms with Gasteiger partial charge in [-0.2, -0.15) is 0 Å². The summed E-state index contributed by atoms with van der Waals surface area (Å²) in [6, 6.07) is -1.71. The Kier molecular flexibility index (Phi) is 10.8. The molecular formula is C14H23NO12. The lowest BCUT2D eigenvalue weighted by Gasteiger charge is -2.31. The number of ether oxygens (including phenoxy) is 1. The van der Waals surface area contributed by atoms with Crippen LogP contribution >= 0.6 is 0 Å². The van der Waals surface area contributed by atoms with Crippen LogP contribution in [-0.2, 0) is 23.9 Å². The SMILES string of the molecule is CC(=O)N[C@@H](C=O)[C@@H](OC(=O)[C@@H](O)[C@@H](O)[C@H](O)[C@@H](O)C=O)[C@H](O)[C@H](O)CO. The van der Waals surface area contributed by atoms with Gasteiger partial charge < -0.3 is 55.4 Å². The van der Waals surface area contributed by atoms with Crippen molar-refractivity contribution in [3.8, 4) is 0 Å². The molecule has 156 valence electrons. The van der Waals surface area contributed by atoms with Gasteiger partial charge in [0.2, 0.25) is 5.91 Å². The Morgan fingerprint density at radius 2 is 1.52 bits per heavy atom. The van der Waals surface area contributed by atoms with Gasteiger partial charge in [0.05, 0.1) is 6.61 Å². The van der Waals surface area contributed by atoms with E-state index in [1.165, 1.54) is 0 Å². The lowest BCUT2D eigenvalue weighted by molar-refractivity contribution is -0.186. The Morgan fingerprint density at radius 1 is 0.963 bits per heavy atom. The molecule has 0 aromatic rings. The van der Waals surface area contributed by atoms with Crippen molar-refractivity contribution < 1.29 is 59.7 Å². The fraction of sp³-hybridized carbons (Fsp3) is 0.714. The highest BCUT2D eigenvalue weighted by atomic mass is 16.6. The van der Waals surface area contributed by atoms with E-state index in [1.54, 1.807) is 0 Å². The van der Waals surface area contributed by atoms with Crippen molar-refractivity contribution >= 4 is 24.4 Å². The molecule has 0 unspecified atom stereocenters. The average molecular weight is 397 g/mol. The summed E-state index contributed by atoms with van der Waals surface area (Å²) in [6.07, 6.45) is -15.5. The van der Waals surface area contributed by atoms with Gasteiger partial charge in [-0.05, 0) is 0 Å². The molecule has 1 amide bonds. The summed E-state index contributed by atoms with van der Waals surface area (Å²) in [5.74, 6) is -2.52. The van der Waals surface area contributed by atoms with Gasteiger partial charge in [0.1, 0.15) is 42.8 Å². The Balaban J connectivity index is 5.45. The normalized spacial score (nSPS) is 20.1. The second-order valence-corrected chi connectivity index (χ2v) is 5.56. The summed E-state index contributed by atoms with van der Waals surface area (Å²) in [4.78, 5) is 44.6. The number of nitrogens with one attached hydrogen (secondary N) is 1. The molecule has 0 rings (SSSR count). The van der Waals surface area contributed by atoms with Crippen LogP contribution < -0.4 is 5.32 Å². The molecule has 0 aliphatic carbocycles. The third-order valence-corrected chi connectivity index (χ3v) is 3.44. The van der Waals surface area contributed by atoms with E-state index in [0.717, 1.165) is 6.92 Å². The number of aliphatic hydroxyl groups excluding tert-OH is 7. The Labute approximate surface area is 152 Å². The van der Waals surface area contributed by atoms with E-state index in [-0.39, 0.29) is 12.6 Å². The molecule has 0 aromatic carbocycles. The highest BCUT2D eigenvalue weighted by Crippen LogP contribution is 2.13. The highest BCUT2D eigenvalue weighted by Gasteiger charge is 2.41. The van der Waals surface area contributed by atoms with Crippen LogP contribution in [0, 0.1) is 0 Å².